The molecule has 1 fully saturated rings. The van der Waals surface area contributed by atoms with E-state index in [0.717, 1.165) is 44.0 Å². The molecule has 0 radical (unpaired) electrons. The molecule has 8 heteroatoms. The van der Waals surface area contributed by atoms with Crippen LogP contribution in [0.15, 0.2) is 114 Å². The third kappa shape index (κ3) is 8.27. The van der Waals surface area contributed by atoms with E-state index in [9.17, 15) is 9.59 Å². The molecule has 2 amide bonds. The van der Waals surface area contributed by atoms with Gasteiger partial charge in [0.25, 0.3) is 11.8 Å². The largest absolute Gasteiger partial charge is 0.484 e. The van der Waals surface area contributed by atoms with E-state index in [-0.39, 0.29) is 18.4 Å². The quantitative estimate of drug-likeness (QED) is 0.220. The summed E-state index contributed by atoms with van der Waals surface area (Å²) in [6, 6.07) is 34.5. The van der Waals surface area contributed by atoms with Crippen molar-refractivity contribution in [3.8, 4) is 5.75 Å². The summed E-state index contributed by atoms with van der Waals surface area (Å²) in [5.74, 6) is 0.0560. The third-order valence-corrected chi connectivity index (χ3v) is 6.80. The number of benzene rings is 4. The van der Waals surface area contributed by atoms with E-state index in [0.29, 0.717) is 11.3 Å². The van der Waals surface area contributed by atoms with Crippen LogP contribution >= 0.6 is 0 Å². The van der Waals surface area contributed by atoms with Gasteiger partial charge in [-0.05, 0) is 71.8 Å². The van der Waals surface area contributed by atoms with E-state index in [1.165, 1.54) is 11.3 Å². The highest BCUT2D eigenvalue weighted by atomic mass is 16.5. The lowest BCUT2D eigenvalue weighted by molar-refractivity contribution is -0.118. The van der Waals surface area contributed by atoms with Crippen LogP contribution in [0.2, 0.25) is 0 Å². The number of amides is 2. The summed E-state index contributed by atoms with van der Waals surface area (Å²) in [6.07, 6.45) is 1.56. The number of nitrogens with zero attached hydrogens (tertiary/aromatic N) is 3. The molecule has 0 saturated carbocycles. The fourth-order valence-electron chi connectivity index (χ4n) is 4.57. The Hall–Kier alpha value is -4.95. The van der Waals surface area contributed by atoms with Crippen molar-refractivity contribution in [3.05, 3.63) is 126 Å². The number of hydrogen-bond acceptors (Lipinski definition) is 6. The van der Waals surface area contributed by atoms with Gasteiger partial charge < -0.3 is 15.0 Å². The van der Waals surface area contributed by atoms with E-state index < -0.39 is 0 Å². The van der Waals surface area contributed by atoms with Gasteiger partial charge in [0.2, 0.25) is 0 Å². The molecule has 4 aromatic rings. The standard InChI is InChI=1S/C33H33N5O3/c39-32(35-29-7-3-1-4-8-29)25-41-31-17-13-26(14-18-31)23-34-36-33(40)28-15-11-27(12-16-28)24-37-19-21-38(22-20-37)30-9-5-2-6-10-30/h1-18,23H,19-22,24-25H2,(H,35,39)(H,36,40)/b34-23-. The Kier molecular flexibility index (Phi) is 9.37. The summed E-state index contributed by atoms with van der Waals surface area (Å²) < 4.78 is 5.54. The number of para-hydroxylation sites is 2. The Morgan fingerprint density at radius 3 is 2.12 bits per heavy atom. The van der Waals surface area contributed by atoms with Gasteiger partial charge in [0.1, 0.15) is 5.75 Å². The summed E-state index contributed by atoms with van der Waals surface area (Å²) in [6.45, 7) is 4.78. The number of anilines is 2. The van der Waals surface area contributed by atoms with Crippen molar-refractivity contribution in [2.45, 2.75) is 6.54 Å². The SMILES string of the molecule is O=C(COc1ccc(/C=N\NC(=O)c2ccc(CN3CCN(c4ccccc4)CC3)cc2)cc1)Nc1ccccc1. The minimum Gasteiger partial charge on any atom is -0.484 e. The second kappa shape index (κ2) is 13.9. The van der Waals surface area contributed by atoms with Crippen LogP contribution in [0.5, 0.6) is 5.75 Å². The zero-order valence-corrected chi connectivity index (χ0v) is 22.8. The first-order valence-electron chi connectivity index (χ1n) is 13.6. The maximum Gasteiger partial charge on any atom is 0.271 e. The number of carbonyl (C=O) groups excluding carboxylic acids is 2. The second-order valence-electron chi connectivity index (χ2n) is 9.77. The van der Waals surface area contributed by atoms with Crippen molar-refractivity contribution in [1.82, 2.24) is 10.3 Å². The lowest BCUT2D eigenvalue weighted by Gasteiger charge is -2.36. The highest BCUT2D eigenvalue weighted by Crippen LogP contribution is 2.17. The van der Waals surface area contributed by atoms with E-state index in [1.54, 1.807) is 30.5 Å². The number of rotatable bonds is 10. The minimum atomic E-state index is -0.270. The molecular formula is C33H33N5O3. The summed E-state index contributed by atoms with van der Waals surface area (Å²) >= 11 is 0. The van der Waals surface area contributed by atoms with Crippen molar-refractivity contribution < 1.29 is 14.3 Å². The molecule has 4 aromatic carbocycles. The number of hydrogen-bond donors (Lipinski definition) is 2. The normalized spacial score (nSPS) is 13.6. The lowest BCUT2D eigenvalue weighted by atomic mass is 10.1. The Morgan fingerprint density at radius 2 is 1.44 bits per heavy atom. The first kappa shape index (κ1) is 27.6. The molecule has 1 saturated heterocycles. The second-order valence-corrected chi connectivity index (χ2v) is 9.77. The number of ether oxygens (including phenoxy) is 1. The van der Waals surface area contributed by atoms with Crippen LogP contribution in [0.3, 0.4) is 0 Å². The molecule has 5 rings (SSSR count). The van der Waals surface area contributed by atoms with Crippen molar-refractivity contribution in [2.75, 3.05) is 43.0 Å². The van der Waals surface area contributed by atoms with Crippen LogP contribution in [0.25, 0.3) is 0 Å². The molecule has 208 valence electrons. The first-order chi connectivity index (χ1) is 20.1. The fourth-order valence-corrected chi connectivity index (χ4v) is 4.57. The molecule has 1 heterocycles. The number of nitrogens with one attached hydrogen (secondary N) is 2. The predicted octanol–water partition coefficient (Wildman–Crippen LogP) is 4.79. The zero-order chi connectivity index (χ0) is 28.3. The molecule has 0 aromatic heterocycles. The summed E-state index contributed by atoms with van der Waals surface area (Å²) in [5, 5.41) is 6.85. The van der Waals surface area contributed by atoms with Gasteiger partial charge in [0.05, 0.1) is 6.21 Å². The molecule has 1 aliphatic heterocycles. The fraction of sp³-hybridized carbons (Fsp3) is 0.182. The molecule has 0 atom stereocenters. The average molecular weight is 548 g/mol. The first-order valence-corrected chi connectivity index (χ1v) is 13.6. The van der Waals surface area contributed by atoms with Gasteiger partial charge in [-0.3, -0.25) is 14.5 Å². The van der Waals surface area contributed by atoms with Crippen LogP contribution < -0.4 is 20.4 Å². The van der Waals surface area contributed by atoms with Crippen molar-refractivity contribution in [2.24, 2.45) is 5.10 Å². The highest BCUT2D eigenvalue weighted by molar-refractivity contribution is 5.95. The molecule has 2 N–H and O–H groups in total. The van der Waals surface area contributed by atoms with Crippen molar-refractivity contribution in [3.63, 3.8) is 0 Å². The minimum absolute atomic E-state index is 0.0952. The van der Waals surface area contributed by atoms with Crippen molar-refractivity contribution >= 4 is 29.4 Å². The topological polar surface area (TPSA) is 86.3 Å². The van der Waals surface area contributed by atoms with Crippen molar-refractivity contribution in [1.29, 1.82) is 0 Å². The maximum atomic E-state index is 12.5. The zero-order valence-electron chi connectivity index (χ0n) is 22.8. The lowest BCUT2D eigenvalue weighted by Crippen LogP contribution is -2.45. The summed E-state index contributed by atoms with van der Waals surface area (Å²) in [7, 11) is 0. The highest BCUT2D eigenvalue weighted by Gasteiger charge is 2.17. The number of piperazine rings is 1. The van der Waals surface area contributed by atoms with Crippen LogP contribution in [-0.2, 0) is 11.3 Å². The Labute approximate surface area is 240 Å². The predicted molar refractivity (Wildman–Crippen MR) is 162 cm³/mol. The van der Waals surface area contributed by atoms with Gasteiger partial charge in [-0.1, -0.05) is 48.5 Å². The van der Waals surface area contributed by atoms with Crippen LogP contribution in [0, 0.1) is 0 Å². The van der Waals surface area contributed by atoms with Gasteiger partial charge in [0, 0.05) is 49.7 Å². The van der Waals surface area contributed by atoms with E-state index in [4.69, 9.17) is 4.74 Å². The van der Waals surface area contributed by atoms with E-state index >= 15 is 0 Å². The Balaban J connectivity index is 1.03. The van der Waals surface area contributed by atoms with Crippen LogP contribution in [-0.4, -0.2) is 55.7 Å². The van der Waals surface area contributed by atoms with Gasteiger partial charge in [-0.25, -0.2) is 5.43 Å². The molecule has 0 spiro atoms. The summed E-state index contributed by atoms with van der Waals surface area (Å²) in [5.41, 5.74) is 7.09. The molecule has 0 aliphatic carbocycles. The third-order valence-electron chi connectivity index (χ3n) is 6.80. The van der Waals surface area contributed by atoms with E-state index in [1.807, 2.05) is 60.7 Å². The molecule has 41 heavy (non-hydrogen) atoms. The average Bonchev–Trinajstić information content (AvgIpc) is 3.02. The van der Waals surface area contributed by atoms with Crippen LogP contribution in [0.1, 0.15) is 21.5 Å². The van der Waals surface area contributed by atoms with Gasteiger partial charge in [0.15, 0.2) is 6.61 Å². The number of hydrazone groups is 1. The number of carbonyl (C=O) groups is 2. The molecule has 0 bridgehead atoms. The van der Waals surface area contributed by atoms with E-state index in [2.05, 4.69) is 49.9 Å². The molecule has 8 nitrogen and oxygen atoms in total. The smallest absolute Gasteiger partial charge is 0.271 e. The molecular weight excluding hydrogens is 514 g/mol. The Bertz CT molecular complexity index is 1430. The summed E-state index contributed by atoms with van der Waals surface area (Å²) in [4.78, 5) is 29.4. The van der Waals surface area contributed by atoms with Crippen LogP contribution in [0.4, 0.5) is 11.4 Å². The Morgan fingerprint density at radius 1 is 0.780 bits per heavy atom. The monoisotopic (exact) mass is 547 g/mol. The molecule has 1 aliphatic rings. The van der Waals surface area contributed by atoms with Gasteiger partial charge in [-0.15, -0.1) is 0 Å². The maximum absolute atomic E-state index is 12.5. The van der Waals surface area contributed by atoms with Gasteiger partial charge >= 0.3 is 0 Å². The van der Waals surface area contributed by atoms with Gasteiger partial charge in [-0.2, -0.15) is 5.10 Å². The molecule has 0 unspecified atom stereocenters.